The molecule has 1 rings (SSSR count). The van der Waals surface area contributed by atoms with Crippen LogP contribution in [0.1, 0.15) is 31.1 Å². The van der Waals surface area contributed by atoms with Gasteiger partial charge in [0.1, 0.15) is 6.54 Å². The Labute approximate surface area is 119 Å². The van der Waals surface area contributed by atoms with Crippen molar-refractivity contribution < 1.29 is 14.3 Å². The maximum absolute atomic E-state index is 12.5. The number of hydrogen-bond acceptors (Lipinski definition) is 4. The Morgan fingerprint density at radius 1 is 1.30 bits per heavy atom. The molecule has 0 aliphatic heterocycles. The first kappa shape index (κ1) is 16.0. The third-order valence-corrected chi connectivity index (χ3v) is 2.69. The summed E-state index contributed by atoms with van der Waals surface area (Å²) < 4.78 is 4.91. The molecule has 0 aliphatic rings. The molecule has 0 aliphatic carbocycles. The van der Waals surface area contributed by atoms with E-state index in [4.69, 9.17) is 10.5 Å². The highest BCUT2D eigenvalue weighted by molar-refractivity contribution is 6.00. The number of ether oxygens (including phenoxy) is 1. The van der Waals surface area contributed by atoms with Crippen molar-refractivity contribution in [3.8, 4) is 0 Å². The summed E-state index contributed by atoms with van der Waals surface area (Å²) in [5, 5.41) is 0. The van der Waals surface area contributed by atoms with Gasteiger partial charge in [0, 0.05) is 12.2 Å². The molecule has 1 aromatic carbocycles. The summed E-state index contributed by atoms with van der Waals surface area (Å²) in [7, 11) is 0. The number of benzene rings is 1. The minimum absolute atomic E-state index is 0.0564. The average Bonchev–Trinajstić information content (AvgIpc) is 2.37. The molecular formula is C15H22N2O3. The van der Waals surface area contributed by atoms with Gasteiger partial charge in [0.05, 0.1) is 12.2 Å². The number of rotatable bonds is 6. The molecule has 0 bridgehead atoms. The zero-order chi connectivity index (χ0) is 15.1. The Morgan fingerprint density at radius 3 is 2.50 bits per heavy atom. The van der Waals surface area contributed by atoms with E-state index in [9.17, 15) is 9.59 Å². The van der Waals surface area contributed by atoms with Crippen molar-refractivity contribution in [1.29, 1.82) is 0 Å². The molecule has 0 spiro atoms. The van der Waals surface area contributed by atoms with Gasteiger partial charge in [0.25, 0.3) is 5.91 Å². The Morgan fingerprint density at radius 2 is 1.95 bits per heavy atom. The molecule has 110 valence electrons. The molecule has 0 radical (unpaired) electrons. The number of esters is 1. The van der Waals surface area contributed by atoms with E-state index in [-0.39, 0.29) is 18.4 Å². The van der Waals surface area contributed by atoms with Gasteiger partial charge in [0.15, 0.2) is 0 Å². The summed E-state index contributed by atoms with van der Waals surface area (Å²) in [6, 6.07) is 6.85. The van der Waals surface area contributed by atoms with Crippen LogP contribution in [0.3, 0.4) is 0 Å². The van der Waals surface area contributed by atoms with Crippen LogP contribution in [0.15, 0.2) is 24.3 Å². The SMILES string of the molecule is CCOC(=O)CN(CC(C)C)C(=O)c1ccccc1N. The van der Waals surface area contributed by atoms with Gasteiger partial charge < -0.3 is 15.4 Å². The normalized spacial score (nSPS) is 10.4. The standard InChI is InChI=1S/C15H22N2O3/c1-4-20-14(18)10-17(9-11(2)3)15(19)12-7-5-6-8-13(12)16/h5-8,11H,4,9-10,16H2,1-3H3. The number of anilines is 1. The minimum Gasteiger partial charge on any atom is -0.465 e. The number of nitrogens with zero attached hydrogens (tertiary/aromatic N) is 1. The van der Waals surface area contributed by atoms with Crippen molar-refractivity contribution in [2.45, 2.75) is 20.8 Å². The van der Waals surface area contributed by atoms with Crippen molar-refractivity contribution in [3.05, 3.63) is 29.8 Å². The number of nitrogen functional groups attached to an aromatic ring is 1. The van der Waals surface area contributed by atoms with Crippen LogP contribution in [0.4, 0.5) is 5.69 Å². The van der Waals surface area contributed by atoms with Gasteiger partial charge in [-0.25, -0.2) is 0 Å². The smallest absolute Gasteiger partial charge is 0.325 e. The first-order valence-corrected chi connectivity index (χ1v) is 6.75. The van der Waals surface area contributed by atoms with Crippen LogP contribution in [0.25, 0.3) is 0 Å². The predicted molar refractivity (Wildman–Crippen MR) is 78.2 cm³/mol. The zero-order valence-electron chi connectivity index (χ0n) is 12.3. The third-order valence-electron chi connectivity index (χ3n) is 2.69. The van der Waals surface area contributed by atoms with E-state index in [1.807, 2.05) is 13.8 Å². The van der Waals surface area contributed by atoms with Crippen LogP contribution in [0.2, 0.25) is 0 Å². The summed E-state index contributed by atoms with van der Waals surface area (Å²) in [5.74, 6) is -0.404. The maximum Gasteiger partial charge on any atom is 0.325 e. The molecule has 5 heteroatoms. The Hall–Kier alpha value is -2.04. The van der Waals surface area contributed by atoms with Gasteiger partial charge in [-0.3, -0.25) is 9.59 Å². The molecular weight excluding hydrogens is 256 g/mol. The summed E-state index contributed by atoms with van der Waals surface area (Å²) in [6.07, 6.45) is 0. The second kappa shape index (κ2) is 7.53. The van der Waals surface area contributed by atoms with Crippen LogP contribution in [-0.4, -0.2) is 36.5 Å². The van der Waals surface area contributed by atoms with Crippen molar-refractivity contribution in [3.63, 3.8) is 0 Å². The zero-order valence-corrected chi connectivity index (χ0v) is 12.3. The number of para-hydroxylation sites is 1. The Bertz CT molecular complexity index is 472. The quantitative estimate of drug-likeness (QED) is 0.637. The lowest BCUT2D eigenvalue weighted by Crippen LogP contribution is -2.39. The van der Waals surface area contributed by atoms with Gasteiger partial charge in [-0.05, 0) is 25.0 Å². The summed E-state index contributed by atoms with van der Waals surface area (Å²) in [4.78, 5) is 25.6. The number of carbonyl (C=O) groups is 2. The van der Waals surface area contributed by atoms with Crippen LogP contribution in [0.5, 0.6) is 0 Å². The second-order valence-electron chi connectivity index (χ2n) is 4.97. The lowest BCUT2D eigenvalue weighted by molar-refractivity contribution is -0.143. The van der Waals surface area contributed by atoms with E-state index in [0.717, 1.165) is 0 Å². The molecule has 0 saturated carbocycles. The topological polar surface area (TPSA) is 72.6 Å². The second-order valence-corrected chi connectivity index (χ2v) is 4.97. The van der Waals surface area contributed by atoms with E-state index in [1.54, 1.807) is 31.2 Å². The molecule has 0 heterocycles. The average molecular weight is 278 g/mol. The van der Waals surface area contributed by atoms with E-state index in [2.05, 4.69) is 0 Å². The fourth-order valence-corrected chi connectivity index (χ4v) is 1.88. The molecule has 20 heavy (non-hydrogen) atoms. The molecule has 1 amide bonds. The largest absolute Gasteiger partial charge is 0.465 e. The molecule has 2 N–H and O–H groups in total. The molecule has 0 atom stereocenters. The van der Waals surface area contributed by atoms with E-state index in [0.29, 0.717) is 24.4 Å². The molecule has 0 fully saturated rings. The lowest BCUT2D eigenvalue weighted by atomic mass is 10.1. The van der Waals surface area contributed by atoms with Crippen molar-refractivity contribution in [1.82, 2.24) is 4.90 Å². The highest BCUT2D eigenvalue weighted by Gasteiger charge is 2.21. The van der Waals surface area contributed by atoms with Gasteiger partial charge in [0.2, 0.25) is 0 Å². The van der Waals surface area contributed by atoms with E-state index < -0.39 is 5.97 Å². The Kier molecular flexibility index (Phi) is 6.03. The van der Waals surface area contributed by atoms with Crippen LogP contribution in [-0.2, 0) is 9.53 Å². The highest BCUT2D eigenvalue weighted by Crippen LogP contribution is 2.14. The number of amides is 1. The van der Waals surface area contributed by atoms with Crippen molar-refractivity contribution in [2.24, 2.45) is 5.92 Å². The van der Waals surface area contributed by atoms with Crippen LogP contribution < -0.4 is 5.73 Å². The van der Waals surface area contributed by atoms with E-state index >= 15 is 0 Å². The third kappa shape index (κ3) is 4.57. The van der Waals surface area contributed by atoms with Gasteiger partial charge in [-0.15, -0.1) is 0 Å². The lowest BCUT2D eigenvalue weighted by Gasteiger charge is -2.24. The predicted octanol–water partition coefficient (Wildman–Crippen LogP) is 1.93. The number of carbonyl (C=O) groups excluding carboxylic acids is 2. The van der Waals surface area contributed by atoms with Crippen LogP contribution >= 0.6 is 0 Å². The number of nitrogens with two attached hydrogens (primary N) is 1. The molecule has 0 aromatic heterocycles. The van der Waals surface area contributed by atoms with Crippen molar-refractivity contribution in [2.75, 3.05) is 25.4 Å². The molecule has 0 saturated heterocycles. The minimum atomic E-state index is -0.406. The Balaban J connectivity index is 2.90. The number of hydrogen-bond donors (Lipinski definition) is 1. The summed E-state index contributed by atoms with van der Waals surface area (Å²) >= 11 is 0. The van der Waals surface area contributed by atoms with Gasteiger partial charge >= 0.3 is 5.97 Å². The van der Waals surface area contributed by atoms with Gasteiger partial charge in [-0.2, -0.15) is 0 Å². The van der Waals surface area contributed by atoms with Crippen LogP contribution in [0, 0.1) is 5.92 Å². The fraction of sp³-hybridized carbons (Fsp3) is 0.467. The van der Waals surface area contributed by atoms with Crippen molar-refractivity contribution >= 4 is 17.6 Å². The monoisotopic (exact) mass is 278 g/mol. The summed E-state index contributed by atoms with van der Waals surface area (Å²) in [5.41, 5.74) is 6.64. The maximum atomic E-state index is 12.5. The van der Waals surface area contributed by atoms with Gasteiger partial charge in [-0.1, -0.05) is 26.0 Å². The van der Waals surface area contributed by atoms with E-state index in [1.165, 1.54) is 4.90 Å². The molecule has 5 nitrogen and oxygen atoms in total. The highest BCUT2D eigenvalue weighted by atomic mass is 16.5. The first-order valence-electron chi connectivity index (χ1n) is 6.75. The summed E-state index contributed by atoms with van der Waals surface area (Å²) in [6.45, 7) is 6.43. The molecule has 1 aromatic rings. The molecule has 0 unspecified atom stereocenters. The fourth-order valence-electron chi connectivity index (χ4n) is 1.88. The first-order chi connectivity index (χ1) is 9.45.